The standard InChI is InChI=1S/C19H24ClNO3/c1-13-6-3-4-9-17(13)21-19(23)14(2)24-18(22)11-10-15-7-5-8-16(20)12-15/h5,7-8,10-14,17H,3-4,6,9H2,1-2H3,(H,21,23)/b11-10+/t13-,14+,17+/m1/s1. The van der Waals surface area contributed by atoms with Crippen LogP contribution in [-0.4, -0.2) is 24.0 Å². The first-order valence-corrected chi connectivity index (χ1v) is 8.78. The molecule has 0 spiro atoms. The molecule has 1 fully saturated rings. The summed E-state index contributed by atoms with van der Waals surface area (Å²) in [7, 11) is 0. The van der Waals surface area contributed by atoms with Gasteiger partial charge in [0, 0.05) is 17.1 Å². The molecule has 0 aliphatic heterocycles. The minimum Gasteiger partial charge on any atom is -0.449 e. The maximum atomic E-state index is 12.2. The Labute approximate surface area is 148 Å². The molecule has 1 aromatic rings. The van der Waals surface area contributed by atoms with Gasteiger partial charge in [-0.15, -0.1) is 0 Å². The molecule has 1 aliphatic carbocycles. The summed E-state index contributed by atoms with van der Waals surface area (Å²) in [5, 5.41) is 3.59. The van der Waals surface area contributed by atoms with Gasteiger partial charge in [-0.05, 0) is 49.5 Å². The second-order valence-corrected chi connectivity index (χ2v) is 6.78. The molecule has 1 aliphatic rings. The molecular weight excluding hydrogens is 326 g/mol. The monoisotopic (exact) mass is 349 g/mol. The van der Waals surface area contributed by atoms with Gasteiger partial charge in [-0.2, -0.15) is 0 Å². The van der Waals surface area contributed by atoms with Crippen LogP contribution >= 0.6 is 11.6 Å². The van der Waals surface area contributed by atoms with E-state index >= 15 is 0 Å². The molecule has 5 heteroatoms. The molecule has 0 bridgehead atoms. The number of carbonyl (C=O) groups excluding carboxylic acids is 2. The smallest absolute Gasteiger partial charge is 0.331 e. The normalized spacial score (nSPS) is 22.1. The van der Waals surface area contributed by atoms with Crippen LogP contribution in [0, 0.1) is 5.92 Å². The predicted molar refractivity (Wildman–Crippen MR) is 95.6 cm³/mol. The first kappa shape index (κ1) is 18.5. The molecule has 130 valence electrons. The molecule has 0 unspecified atom stereocenters. The first-order chi connectivity index (χ1) is 11.5. The number of halogens is 1. The predicted octanol–water partition coefficient (Wildman–Crippen LogP) is 3.98. The van der Waals surface area contributed by atoms with Crippen LogP contribution in [0.25, 0.3) is 6.08 Å². The van der Waals surface area contributed by atoms with Crippen LogP contribution < -0.4 is 5.32 Å². The number of hydrogen-bond acceptors (Lipinski definition) is 3. The van der Waals surface area contributed by atoms with Crippen molar-refractivity contribution in [2.24, 2.45) is 5.92 Å². The zero-order valence-electron chi connectivity index (χ0n) is 14.1. The number of nitrogens with one attached hydrogen (secondary N) is 1. The maximum Gasteiger partial charge on any atom is 0.331 e. The van der Waals surface area contributed by atoms with Gasteiger partial charge in [0.25, 0.3) is 5.91 Å². The minimum atomic E-state index is -0.810. The third-order valence-electron chi connectivity index (χ3n) is 4.36. The topological polar surface area (TPSA) is 55.4 Å². The fraction of sp³-hybridized carbons (Fsp3) is 0.474. The Morgan fingerprint density at radius 3 is 2.79 bits per heavy atom. The average Bonchev–Trinajstić information content (AvgIpc) is 2.55. The van der Waals surface area contributed by atoms with Crippen LogP contribution in [-0.2, 0) is 14.3 Å². The van der Waals surface area contributed by atoms with E-state index in [-0.39, 0.29) is 11.9 Å². The van der Waals surface area contributed by atoms with Crippen molar-refractivity contribution < 1.29 is 14.3 Å². The molecule has 1 amide bonds. The maximum absolute atomic E-state index is 12.2. The molecule has 4 nitrogen and oxygen atoms in total. The van der Waals surface area contributed by atoms with E-state index in [0.29, 0.717) is 10.9 Å². The second kappa shape index (κ2) is 8.88. The van der Waals surface area contributed by atoms with E-state index in [2.05, 4.69) is 12.2 Å². The van der Waals surface area contributed by atoms with Gasteiger partial charge in [-0.3, -0.25) is 4.79 Å². The van der Waals surface area contributed by atoms with E-state index in [1.165, 1.54) is 12.5 Å². The van der Waals surface area contributed by atoms with Crippen molar-refractivity contribution in [2.45, 2.75) is 51.7 Å². The van der Waals surface area contributed by atoms with E-state index in [4.69, 9.17) is 16.3 Å². The lowest BCUT2D eigenvalue weighted by Gasteiger charge is -2.30. The van der Waals surface area contributed by atoms with Gasteiger partial charge in [0.2, 0.25) is 0 Å². The van der Waals surface area contributed by atoms with Crippen molar-refractivity contribution in [1.82, 2.24) is 5.32 Å². The van der Waals surface area contributed by atoms with E-state index < -0.39 is 12.1 Å². The molecule has 1 saturated carbocycles. The third-order valence-corrected chi connectivity index (χ3v) is 4.60. The van der Waals surface area contributed by atoms with Crippen molar-refractivity contribution in [1.29, 1.82) is 0 Å². The number of carbonyl (C=O) groups is 2. The summed E-state index contributed by atoms with van der Waals surface area (Å²) < 4.78 is 5.17. The number of benzene rings is 1. The van der Waals surface area contributed by atoms with Crippen molar-refractivity contribution in [3.05, 3.63) is 40.9 Å². The SMILES string of the molecule is C[C@H](OC(=O)/C=C/c1cccc(Cl)c1)C(=O)N[C@H]1CCCC[C@H]1C. The Morgan fingerprint density at radius 2 is 2.08 bits per heavy atom. The van der Waals surface area contributed by atoms with Crippen molar-refractivity contribution in [3.63, 3.8) is 0 Å². The van der Waals surface area contributed by atoms with Crippen LogP contribution in [0.5, 0.6) is 0 Å². The van der Waals surface area contributed by atoms with Crippen molar-refractivity contribution in [3.8, 4) is 0 Å². The summed E-state index contributed by atoms with van der Waals surface area (Å²) in [4.78, 5) is 24.0. The lowest BCUT2D eigenvalue weighted by molar-refractivity contribution is -0.150. The molecule has 24 heavy (non-hydrogen) atoms. The number of hydrogen-bond donors (Lipinski definition) is 1. The highest BCUT2D eigenvalue weighted by molar-refractivity contribution is 6.30. The zero-order chi connectivity index (χ0) is 17.5. The number of amides is 1. The minimum absolute atomic E-state index is 0.175. The highest BCUT2D eigenvalue weighted by atomic mass is 35.5. The van der Waals surface area contributed by atoms with Crippen molar-refractivity contribution >= 4 is 29.6 Å². The molecule has 2 rings (SSSR count). The summed E-state index contributed by atoms with van der Waals surface area (Å²) in [6.45, 7) is 3.74. The highest BCUT2D eigenvalue weighted by Crippen LogP contribution is 2.23. The van der Waals surface area contributed by atoms with Crippen LogP contribution in [0.2, 0.25) is 5.02 Å². The molecule has 1 N–H and O–H groups in total. The summed E-state index contributed by atoms with van der Waals surface area (Å²) in [5.41, 5.74) is 0.799. The summed E-state index contributed by atoms with van der Waals surface area (Å²) in [6.07, 6.45) is 6.57. The fourth-order valence-corrected chi connectivity index (χ4v) is 3.07. The van der Waals surface area contributed by atoms with E-state index in [1.807, 2.05) is 6.07 Å². The fourth-order valence-electron chi connectivity index (χ4n) is 2.87. The lowest BCUT2D eigenvalue weighted by Crippen LogP contribution is -2.45. The quantitative estimate of drug-likeness (QED) is 0.646. The second-order valence-electron chi connectivity index (χ2n) is 6.34. The van der Waals surface area contributed by atoms with Crippen LogP contribution in [0.4, 0.5) is 0 Å². The number of esters is 1. The molecule has 0 saturated heterocycles. The molecular formula is C19H24ClNO3. The van der Waals surface area contributed by atoms with Crippen LogP contribution in [0.3, 0.4) is 0 Å². The molecule has 0 radical (unpaired) electrons. The Bertz CT molecular complexity index is 614. The van der Waals surface area contributed by atoms with Crippen LogP contribution in [0.1, 0.15) is 45.1 Å². The highest BCUT2D eigenvalue weighted by Gasteiger charge is 2.25. The molecule has 1 aromatic carbocycles. The van der Waals surface area contributed by atoms with Gasteiger partial charge in [0.15, 0.2) is 6.10 Å². The van der Waals surface area contributed by atoms with E-state index in [9.17, 15) is 9.59 Å². The Kier molecular flexibility index (Phi) is 6.85. The van der Waals surface area contributed by atoms with Gasteiger partial charge in [0.1, 0.15) is 0 Å². The summed E-state index contributed by atoms with van der Waals surface area (Å²) in [5.74, 6) is -0.319. The van der Waals surface area contributed by atoms with Gasteiger partial charge >= 0.3 is 5.97 Å². The Balaban J connectivity index is 1.83. The van der Waals surface area contributed by atoms with Gasteiger partial charge in [0.05, 0.1) is 0 Å². The lowest BCUT2D eigenvalue weighted by atomic mass is 9.86. The average molecular weight is 350 g/mol. The molecule has 0 heterocycles. The summed E-state index contributed by atoms with van der Waals surface area (Å²) >= 11 is 5.89. The van der Waals surface area contributed by atoms with Crippen molar-refractivity contribution in [2.75, 3.05) is 0 Å². The van der Waals surface area contributed by atoms with Gasteiger partial charge in [-0.1, -0.05) is 43.5 Å². The van der Waals surface area contributed by atoms with E-state index in [0.717, 1.165) is 24.8 Å². The molecule has 3 atom stereocenters. The van der Waals surface area contributed by atoms with Gasteiger partial charge < -0.3 is 10.1 Å². The first-order valence-electron chi connectivity index (χ1n) is 8.40. The Hall–Kier alpha value is -1.81. The Morgan fingerprint density at radius 1 is 1.33 bits per heavy atom. The van der Waals surface area contributed by atoms with Gasteiger partial charge in [-0.25, -0.2) is 4.79 Å². The largest absolute Gasteiger partial charge is 0.449 e. The number of rotatable bonds is 5. The zero-order valence-corrected chi connectivity index (χ0v) is 14.9. The summed E-state index contributed by atoms with van der Waals surface area (Å²) in [6, 6.07) is 7.31. The third kappa shape index (κ3) is 5.68. The van der Waals surface area contributed by atoms with E-state index in [1.54, 1.807) is 31.2 Å². The van der Waals surface area contributed by atoms with Crippen LogP contribution in [0.15, 0.2) is 30.3 Å². The number of ether oxygens (including phenoxy) is 1. The molecule has 0 aromatic heterocycles.